The highest BCUT2D eigenvalue weighted by Gasteiger charge is 2.16. The number of anilines is 1. The van der Waals surface area contributed by atoms with Crippen molar-refractivity contribution in [2.24, 2.45) is 0 Å². The molecule has 0 unspecified atom stereocenters. The summed E-state index contributed by atoms with van der Waals surface area (Å²) in [5, 5.41) is 7.04. The molecule has 0 aliphatic carbocycles. The van der Waals surface area contributed by atoms with Crippen molar-refractivity contribution in [1.29, 1.82) is 0 Å². The Hall–Kier alpha value is -3.56. The lowest BCUT2D eigenvalue weighted by atomic mass is 10.1. The molecule has 0 atom stereocenters. The summed E-state index contributed by atoms with van der Waals surface area (Å²) in [6.07, 6.45) is 3.79. The van der Waals surface area contributed by atoms with Gasteiger partial charge in [-0.2, -0.15) is 10.1 Å². The molecule has 4 aromatic rings. The number of pyridine rings is 1. The van der Waals surface area contributed by atoms with E-state index in [0.29, 0.717) is 11.2 Å². The molecule has 4 N–H and O–H groups in total. The lowest BCUT2D eigenvalue weighted by Crippen LogP contribution is -2.28. The van der Waals surface area contributed by atoms with Crippen LogP contribution in [0.3, 0.4) is 0 Å². The van der Waals surface area contributed by atoms with Crippen LogP contribution in [0.1, 0.15) is 10.4 Å². The third kappa shape index (κ3) is 2.70. The van der Waals surface area contributed by atoms with Crippen molar-refractivity contribution >= 4 is 28.4 Å². The summed E-state index contributed by atoms with van der Waals surface area (Å²) in [5.74, 6) is -0.442. The maximum absolute atomic E-state index is 12.3. The van der Waals surface area contributed by atoms with Gasteiger partial charge in [0.1, 0.15) is 5.65 Å². The van der Waals surface area contributed by atoms with Crippen LogP contribution in [-0.2, 0) is 0 Å². The van der Waals surface area contributed by atoms with E-state index in [2.05, 4.69) is 25.4 Å². The van der Waals surface area contributed by atoms with E-state index in [1.165, 1.54) is 10.7 Å². The van der Waals surface area contributed by atoms with Crippen LogP contribution in [0.15, 0.2) is 36.9 Å². The third-order valence-corrected chi connectivity index (χ3v) is 3.94. The number of carbonyl (C=O) groups is 1. The van der Waals surface area contributed by atoms with Gasteiger partial charge in [0.05, 0.1) is 23.8 Å². The zero-order valence-corrected chi connectivity index (χ0v) is 13.3. The zero-order valence-electron chi connectivity index (χ0n) is 13.3. The number of H-pyrrole nitrogens is 1. The molecular formula is C16H13F2N7O. The molecule has 132 valence electrons. The molecule has 0 aromatic carbocycles. The number of fused-ring (bicyclic) bond motifs is 2. The molecular weight excluding hydrogens is 344 g/mol. The van der Waals surface area contributed by atoms with Crippen LogP contribution >= 0.6 is 0 Å². The third-order valence-electron chi connectivity index (χ3n) is 3.94. The van der Waals surface area contributed by atoms with Gasteiger partial charge in [0, 0.05) is 29.5 Å². The first kappa shape index (κ1) is 15.9. The van der Waals surface area contributed by atoms with Crippen LogP contribution in [0.2, 0.25) is 0 Å². The van der Waals surface area contributed by atoms with Crippen LogP contribution in [-0.4, -0.2) is 43.4 Å². The van der Waals surface area contributed by atoms with Crippen molar-refractivity contribution in [3.05, 3.63) is 42.5 Å². The lowest BCUT2D eigenvalue weighted by Gasteiger charge is -2.04. The van der Waals surface area contributed by atoms with Gasteiger partial charge in [-0.1, -0.05) is 0 Å². The Morgan fingerprint density at radius 1 is 1.38 bits per heavy atom. The number of nitrogens with zero attached hydrogens (tertiary/aromatic N) is 4. The van der Waals surface area contributed by atoms with Gasteiger partial charge < -0.3 is 16.0 Å². The molecule has 4 aromatic heterocycles. The molecule has 0 spiro atoms. The number of amides is 1. The molecule has 0 aliphatic heterocycles. The minimum atomic E-state index is -2.62. The molecule has 4 heterocycles. The fourth-order valence-corrected chi connectivity index (χ4v) is 2.75. The van der Waals surface area contributed by atoms with Crippen molar-refractivity contribution in [3.63, 3.8) is 0 Å². The smallest absolute Gasteiger partial charge is 0.255 e. The first-order valence-electron chi connectivity index (χ1n) is 7.66. The normalized spacial score (nSPS) is 11.5. The molecule has 0 radical (unpaired) electrons. The van der Waals surface area contributed by atoms with Crippen LogP contribution in [0, 0.1) is 0 Å². The van der Waals surface area contributed by atoms with E-state index >= 15 is 0 Å². The molecule has 0 bridgehead atoms. The summed E-state index contributed by atoms with van der Waals surface area (Å²) in [4.78, 5) is 23.3. The zero-order chi connectivity index (χ0) is 18.3. The molecule has 0 aliphatic rings. The number of alkyl halides is 2. The Labute approximate surface area is 145 Å². The predicted molar refractivity (Wildman–Crippen MR) is 90.8 cm³/mol. The summed E-state index contributed by atoms with van der Waals surface area (Å²) in [7, 11) is 0. The highest BCUT2D eigenvalue weighted by Crippen LogP contribution is 2.29. The summed E-state index contributed by atoms with van der Waals surface area (Å²) in [6.45, 7) is -0.711. The summed E-state index contributed by atoms with van der Waals surface area (Å²) in [5.41, 5.74) is 8.51. The highest BCUT2D eigenvalue weighted by atomic mass is 19.3. The van der Waals surface area contributed by atoms with Crippen molar-refractivity contribution in [2.45, 2.75) is 6.43 Å². The number of halogens is 2. The standard InChI is InChI=1S/C16H13F2N7O/c17-13(18)7-21-15(26)11-6-23-25-2-1-8(3-12(11)25)9-4-20-14-10(9)5-22-16(19)24-14/h1-6,13H,7H2,(H,21,26)(H3,19,20,22,24). The summed E-state index contributed by atoms with van der Waals surface area (Å²) >= 11 is 0. The SMILES string of the molecule is Nc1ncc2c(-c3ccn4ncc(C(=O)NCC(F)F)c4c3)c[nH]c2n1. The molecule has 0 fully saturated rings. The van der Waals surface area contributed by atoms with E-state index in [4.69, 9.17) is 5.73 Å². The van der Waals surface area contributed by atoms with E-state index in [-0.39, 0.29) is 11.5 Å². The Balaban J connectivity index is 1.77. The number of aromatic nitrogens is 5. The highest BCUT2D eigenvalue weighted by molar-refractivity contribution is 6.02. The Morgan fingerprint density at radius 3 is 3.04 bits per heavy atom. The van der Waals surface area contributed by atoms with E-state index in [1.807, 2.05) is 6.07 Å². The number of nitrogens with one attached hydrogen (secondary N) is 2. The van der Waals surface area contributed by atoms with Crippen LogP contribution in [0.25, 0.3) is 27.7 Å². The van der Waals surface area contributed by atoms with Crippen molar-refractivity contribution in [1.82, 2.24) is 29.9 Å². The molecule has 1 amide bonds. The van der Waals surface area contributed by atoms with E-state index < -0.39 is 18.9 Å². The minimum Gasteiger partial charge on any atom is -0.368 e. The van der Waals surface area contributed by atoms with Gasteiger partial charge in [0.15, 0.2) is 0 Å². The van der Waals surface area contributed by atoms with Crippen molar-refractivity contribution in [3.8, 4) is 11.1 Å². The monoisotopic (exact) mass is 357 g/mol. The predicted octanol–water partition coefficient (Wildman–Crippen LogP) is 1.85. The first-order valence-corrected chi connectivity index (χ1v) is 7.66. The van der Waals surface area contributed by atoms with Gasteiger partial charge in [0.2, 0.25) is 5.95 Å². The Morgan fingerprint density at radius 2 is 2.23 bits per heavy atom. The second-order valence-corrected chi connectivity index (χ2v) is 5.60. The van der Waals surface area contributed by atoms with Crippen LogP contribution in [0.4, 0.5) is 14.7 Å². The van der Waals surface area contributed by atoms with Crippen molar-refractivity contribution < 1.29 is 13.6 Å². The fraction of sp³-hybridized carbons (Fsp3) is 0.125. The molecule has 26 heavy (non-hydrogen) atoms. The average molecular weight is 357 g/mol. The second-order valence-electron chi connectivity index (χ2n) is 5.60. The topological polar surface area (TPSA) is 114 Å². The largest absolute Gasteiger partial charge is 0.368 e. The molecule has 8 nitrogen and oxygen atoms in total. The summed E-state index contributed by atoms with van der Waals surface area (Å²) < 4.78 is 26.1. The maximum atomic E-state index is 12.3. The van der Waals surface area contributed by atoms with E-state index in [1.54, 1.807) is 24.7 Å². The molecule has 4 rings (SSSR count). The second kappa shape index (κ2) is 6.06. The van der Waals surface area contributed by atoms with Gasteiger partial charge >= 0.3 is 0 Å². The number of rotatable bonds is 4. The van der Waals surface area contributed by atoms with E-state index in [0.717, 1.165) is 16.5 Å². The Bertz CT molecular complexity index is 1120. The van der Waals surface area contributed by atoms with Crippen LogP contribution < -0.4 is 11.1 Å². The number of nitrogens with two attached hydrogens (primary N) is 1. The fourth-order valence-electron chi connectivity index (χ4n) is 2.75. The number of carbonyl (C=O) groups excluding carboxylic acids is 1. The van der Waals surface area contributed by atoms with Gasteiger partial charge in [0.25, 0.3) is 12.3 Å². The first-order chi connectivity index (χ1) is 12.5. The van der Waals surface area contributed by atoms with Gasteiger partial charge in [-0.05, 0) is 17.7 Å². The number of hydrogen-bond acceptors (Lipinski definition) is 5. The average Bonchev–Trinajstić information content (AvgIpc) is 3.22. The Kier molecular flexibility index (Phi) is 3.72. The quantitative estimate of drug-likeness (QED) is 0.516. The molecule has 0 saturated carbocycles. The number of hydrogen-bond donors (Lipinski definition) is 3. The number of nitrogen functional groups attached to an aromatic ring is 1. The molecule has 10 heteroatoms. The van der Waals surface area contributed by atoms with Crippen LogP contribution in [0.5, 0.6) is 0 Å². The number of aromatic amines is 1. The van der Waals surface area contributed by atoms with Gasteiger partial charge in [-0.3, -0.25) is 4.79 Å². The minimum absolute atomic E-state index is 0.162. The van der Waals surface area contributed by atoms with Gasteiger partial charge in [-0.15, -0.1) is 0 Å². The summed E-state index contributed by atoms with van der Waals surface area (Å²) in [6, 6.07) is 3.57. The lowest BCUT2D eigenvalue weighted by molar-refractivity contribution is 0.0893. The van der Waals surface area contributed by atoms with Gasteiger partial charge in [-0.25, -0.2) is 18.3 Å². The molecule has 0 saturated heterocycles. The van der Waals surface area contributed by atoms with E-state index in [9.17, 15) is 13.6 Å². The van der Waals surface area contributed by atoms with Crippen molar-refractivity contribution in [2.75, 3.05) is 12.3 Å². The maximum Gasteiger partial charge on any atom is 0.255 e.